The molecule has 5 nitrogen and oxygen atoms in total. The van der Waals surface area contributed by atoms with Gasteiger partial charge in [-0.15, -0.1) is 0 Å². The number of amides is 1. The standard InChI is InChI=1S/C14H15BrClNO4/c15-9-3-4-12(16)11(6-9)14(19)21-8-13(18)17-7-10-2-1-5-20-10/h3-4,6,10H,1-2,5,7-8H2,(H,17,18). The second kappa shape index (κ2) is 7.77. The Balaban J connectivity index is 1.77. The molecule has 1 saturated heterocycles. The monoisotopic (exact) mass is 375 g/mol. The lowest BCUT2D eigenvalue weighted by atomic mass is 10.2. The number of carbonyl (C=O) groups is 2. The molecule has 0 bridgehead atoms. The Labute approximate surface area is 136 Å². The van der Waals surface area contributed by atoms with Gasteiger partial charge < -0.3 is 14.8 Å². The summed E-state index contributed by atoms with van der Waals surface area (Å²) in [5, 5.41) is 2.95. The van der Waals surface area contributed by atoms with E-state index in [4.69, 9.17) is 21.1 Å². The molecule has 0 aromatic heterocycles. The van der Waals surface area contributed by atoms with E-state index in [2.05, 4.69) is 21.2 Å². The van der Waals surface area contributed by atoms with E-state index in [-0.39, 0.29) is 29.2 Å². The van der Waals surface area contributed by atoms with Crippen molar-refractivity contribution >= 4 is 39.4 Å². The Morgan fingerprint density at radius 3 is 3.00 bits per heavy atom. The quantitative estimate of drug-likeness (QED) is 0.802. The molecule has 0 spiro atoms. The topological polar surface area (TPSA) is 64.6 Å². The molecule has 1 unspecified atom stereocenters. The molecule has 1 aromatic rings. The van der Waals surface area contributed by atoms with E-state index in [1.54, 1.807) is 18.2 Å². The highest BCUT2D eigenvalue weighted by Crippen LogP contribution is 2.21. The maximum atomic E-state index is 11.9. The first kappa shape index (κ1) is 16.3. The molecule has 1 amide bonds. The average Bonchev–Trinajstić information content (AvgIpc) is 2.98. The van der Waals surface area contributed by atoms with Crippen LogP contribution in [0, 0.1) is 0 Å². The van der Waals surface area contributed by atoms with Gasteiger partial charge in [0.15, 0.2) is 6.61 Å². The smallest absolute Gasteiger partial charge is 0.340 e. The van der Waals surface area contributed by atoms with Crippen LogP contribution < -0.4 is 5.32 Å². The second-order valence-corrected chi connectivity index (χ2v) is 5.96. The average molecular weight is 377 g/mol. The number of rotatable bonds is 5. The number of carbonyl (C=O) groups excluding carboxylic acids is 2. The van der Waals surface area contributed by atoms with Crippen molar-refractivity contribution in [1.29, 1.82) is 0 Å². The van der Waals surface area contributed by atoms with Crippen LogP contribution >= 0.6 is 27.5 Å². The maximum absolute atomic E-state index is 11.9. The van der Waals surface area contributed by atoms with Crippen molar-refractivity contribution in [3.8, 4) is 0 Å². The minimum Gasteiger partial charge on any atom is -0.452 e. The zero-order valence-electron chi connectivity index (χ0n) is 11.2. The summed E-state index contributed by atoms with van der Waals surface area (Å²) in [7, 11) is 0. The number of hydrogen-bond acceptors (Lipinski definition) is 4. The summed E-state index contributed by atoms with van der Waals surface area (Å²) in [5.74, 6) is -0.987. The number of benzene rings is 1. The van der Waals surface area contributed by atoms with E-state index in [0.717, 1.165) is 19.4 Å². The van der Waals surface area contributed by atoms with Crippen molar-refractivity contribution < 1.29 is 19.1 Å². The van der Waals surface area contributed by atoms with E-state index in [1.807, 2.05) is 0 Å². The van der Waals surface area contributed by atoms with Crippen LogP contribution in [0.2, 0.25) is 5.02 Å². The van der Waals surface area contributed by atoms with Gasteiger partial charge in [-0.1, -0.05) is 27.5 Å². The molecule has 21 heavy (non-hydrogen) atoms. The number of halogens is 2. The molecule has 114 valence electrons. The van der Waals surface area contributed by atoms with E-state index in [9.17, 15) is 9.59 Å². The molecule has 7 heteroatoms. The predicted octanol–water partition coefficient (Wildman–Crippen LogP) is 2.55. The van der Waals surface area contributed by atoms with Gasteiger partial charge in [0.05, 0.1) is 16.7 Å². The van der Waals surface area contributed by atoms with Gasteiger partial charge in [0.25, 0.3) is 5.91 Å². The molecule has 1 aliphatic heterocycles. The van der Waals surface area contributed by atoms with Gasteiger partial charge in [-0.25, -0.2) is 4.79 Å². The molecule has 1 fully saturated rings. The van der Waals surface area contributed by atoms with Crippen LogP contribution in [0.25, 0.3) is 0 Å². The molecule has 1 N–H and O–H groups in total. The van der Waals surface area contributed by atoms with E-state index in [1.165, 1.54) is 0 Å². The van der Waals surface area contributed by atoms with Crippen molar-refractivity contribution in [2.45, 2.75) is 18.9 Å². The van der Waals surface area contributed by atoms with Gasteiger partial charge >= 0.3 is 5.97 Å². The largest absolute Gasteiger partial charge is 0.452 e. The van der Waals surface area contributed by atoms with Crippen molar-refractivity contribution in [3.63, 3.8) is 0 Å². The van der Waals surface area contributed by atoms with Gasteiger partial charge in [0.2, 0.25) is 0 Å². The third kappa shape index (κ3) is 4.98. The SMILES string of the molecule is O=C(COC(=O)c1cc(Br)ccc1Cl)NCC1CCCO1. The van der Waals surface area contributed by atoms with Crippen LogP contribution in [-0.2, 0) is 14.3 Å². The molecule has 2 rings (SSSR count). The lowest BCUT2D eigenvalue weighted by molar-refractivity contribution is -0.124. The molecule has 0 aliphatic carbocycles. The number of hydrogen-bond donors (Lipinski definition) is 1. The van der Waals surface area contributed by atoms with Gasteiger partial charge in [-0.05, 0) is 31.0 Å². The molecule has 0 radical (unpaired) electrons. The molecule has 1 heterocycles. The van der Waals surface area contributed by atoms with Crippen LogP contribution in [0.4, 0.5) is 0 Å². The Morgan fingerprint density at radius 2 is 2.29 bits per heavy atom. The minimum atomic E-state index is -0.631. The summed E-state index contributed by atoms with van der Waals surface area (Å²) in [6.07, 6.45) is 2.01. The highest BCUT2D eigenvalue weighted by Gasteiger charge is 2.17. The first-order valence-electron chi connectivity index (χ1n) is 6.57. The van der Waals surface area contributed by atoms with Crippen molar-refractivity contribution in [1.82, 2.24) is 5.32 Å². The Kier molecular flexibility index (Phi) is 6.02. The summed E-state index contributed by atoms with van der Waals surface area (Å²) in [6, 6.07) is 4.85. The fourth-order valence-electron chi connectivity index (χ4n) is 1.95. The lowest BCUT2D eigenvalue weighted by Crippen LogP contribution is -2.34. The first-order valence-corrected chi connectivity index (χ1v) is 7.74. The zero-order chi connectivity index (χ0) is 15.2. The minimum absolute atomic E-state index is 0.0594. The fourth-order valence-corrected chi connectivity index (χ4v) is 2.50. The van der Waals surface area contributed by atoms with Gasteiger partial charge in [0, 0.05) is 17.6 Å². The van der Waals surface area contributed by atoms with Gasteiger partial charge in [-0.3, -0.25) is 4.79 Å². The highest BCUT2D eigenvalue weighted by atomic mass is 79.9. The Hall–Kier alpha value is -1.11. The summed E-state index contributed by atoms with van der Waals surface area (Å²) >= 11 is 9.16. The normalized spacial score (nSPS) is 17.5. The number of ether oxygens (including phenoxy) is 2. The lowest BCUT2D eigenvalue weighted by Gasteiger charge is -2.11. The summed E-state index contributed by atoms with van der Waals surface area (Å²) in [4.78, 5) is 23.5. The van der Waals surface area contributed by atoms with Crippen LogP contribution in [-0.4, -0.2) is 37.7 Å². The van der Waals surface area contributed by atoms with E-state index >= 15 is 0 Å². The first-order chi connectivity index (χ1) is 10.1. The van der Waals surface area contributed by atoms with Gasteiger partial charge in [-0.2, -0.15) is 0 Å². The third-order valence-corrected chi connectivity index (χ3v) is 3.86. The van der Waals surface area contributed by atoms with Crippen LogP contribution in [0.15, 0.2) is 22.7 Å². The van der Waals surface area contributed by atoms with Crippen LogP contribution in [0.3, 0.4) is 0 Å². The predicted molar refractivity (Wildman–Crippen MR) is 81.4 cm³/mol. The fraction of sp³-hybridized carbons (Fsp3) is 0.429. The Bertz CT molecular complexity index is 532. The molecule has 1 atom stereocenters. The summed E-state index contributed by atoms with van der Waals surface area (Å²) in [6.45, 7) is 0.833. The molecular formula is C14H15BrClNO4. The van der Waals surface area contributed by atoms with Crippen molar-refractivity contribution in [2.24, 2.45) is 0 Å². The van der Waals surface area contributed by atoms with Crippen molar-refractivity contribution in [2.75, 3.05) is 19.8 Å². The Morgan fingerprint density at radius 1 is 1.48 bits per heavy atom. The molecule has 1 aromatic carbocycles. The maximum Gasteiger partial charge on any atom is 0.340 e. The van der Waals surface area contributed by atoms with E-state index < -0.39 is 5.97 Å². The van der Waals surface area contributed by atoms with Crippen LogP contribution in [0.5, 0.6) is 0 Å². The van der Waals surface area contributed by atoms with Gasteiger partial charge in [0.1, 0.15) is 0 Å². The number of nitrogens with one attached hydrogen (secondary N) is 1. The van der Waals surface area contributed by atoms with Crippen LogP contribution in [0.1, 0.15) is 23.2 Å². The molecule has 0 saturated carbocycles. The zero-order valence-corrected chi connectivity index (χ0v) is 13.6. The number of esters is 1. The van der Waals surface area contributed by atoms with Crippen molar-refractivity contribution in [3.05, 3.63) is 33.3 Å². The summed E-state index contributed by atoms with van der Waals surface area (Å²) < 4.78 is 11.0. The summed E-state index contributed by atoms with van der Waals surface area (Å²) in [5.41, 5.74) is 0.220. The van der Waals surface area contributed by atoms with E-state index in [0.29, 0.717) is 11.0 Å². The third-order valence-electron chi connectivity index (χ3n) is 3.03. The second-order valence-electron chi connectivity index (χ2n) is 4.64. The molecule has 1 aliphatic rings. The highest BCUT2D eigenvalue weighted by molar-refractivity contribution is 9.10. The molecular weight excluding hydrogens is 362 g/mol.